The Balaban J connectivity index is 2.08. The number of hydrogen-bond donors (Lipinski definition) is 2. The molecule has 2 heterocycles. The lowest BCUT2D eigenvalue weighted by Crippen LogP contribution is -2.67. The minimum atomic E-state index is 0.114. The van der Waals surface area contributed by atoms with E-state index in [4.69, 9.17) is 5.73 Å². The maximum atomic E-state index is 6.13. The summed E-state index contributed by atoms with van der Waals surface area (Å²) < 4.78 is 0. The molecule has 2 aliphatic heterocycles. The van der Waals surface area contributed by atoms with Crippen LogP contribution < -0.4 is 11.2 Å². The van der Waals surface area contributed by atoms with E-state index < -0.39 is 0 Å². The molecule has 0 aromatic carbocycles. The van der Waals surface area contributed by atoms with E-state index in [1.54, 1.807) is 0 Å². The van der Waals surface area contributed by atoms with Gasteiger partial charge in [0.1, 0.15) is 0 Å². The van der Waals surface area contributed by atoms with Gasteiger partial charge < -0.3 is 5.73 Å². The van der Waals surface area contributed by atoms with Crippen LogP contribution >= 0.6 is 11.8 Å². The van der Waals surface area contributed by atoms with Gasteiger partial charge in [0.2, 0.25) is 0 Å². The van der Waals surface area contributed by atoms with Crippen molar-refractivity contribution in [3.8, 4) is 0 Å². The number of nitrogens with zero attached hydrogens (tertiary/aromatic N) is 1. The molecule has 4 heteroatoms. The molecule has 106 valence electrons. The second-order valence-corrected chi connectivity index (χ2v) is 7.57. The van der Waals surface area contributed by atoms with Crippen LogP contribution in [0.3, 0.4) is 0 Å². The molecular weight excluding hydrogens is 242 g/mol. The number of nitrogens with one attached hydrogen (secondary N) is 1. The van der Waals surface area contributed by atoms with Crippen molar-refractivity contribution in [2.45, 2.75) is 75.7 Å². The van der Waals surface area contributed by atoms with Crippen molar-refractivity contribution in [3.05, 3.63) is 0 Å². The fraction of sp³-hybridized carbons (Fsp3) is 1.00. The highest BCUT2D eigenvalue weighted by molar-refractivity contribution is 8.00. The fourth-order valence-electron chi connectivity index (χ4n) is 3.37. The zero-order valence-electron chi connectivity index (χ0n) is 12.1. The van der Waals surface area contributed by atoms with Crippen LogP contribution in [0.1, 0.15) is 52.9 Å². The predicted octanol–water partition coefficient (Wildman–Crippen LogP) is 2.37. The lowest BCUT2D eigenvalue weighted by molar-refractivity contribution is -0.00150. The molecule has 0 spiro atoms. The summed E-state index contributed by atoms with van der Waals surface area (Å²) in [6.07, 6.45) is 6.48. The van der Waals surface area contributed by atoms with Crippen molar-refractivity contribution in [2.75, 3.05) is 12.3 Å². The summed E-state index contributed by atoms with van der Waals surface area (Å²) in [7, 11) is 0. The Labute approximate surface area is 116 Å². The molecule has 4 atom stereocenters. The van der Waals surface area contributed by atoms with Crippen molar-refractivity contribution in [1.82, 2.24) is 10.4 Å². The van der Waals surface area contributed by atoms with Gasteiger partial charge in [-0.05, 0) is 45.3 Å². The molecule has 2 aliphatic rings. The van der Waals surface area contributed by atoms with E-state index in [1.807, 2.05) is 0 Å². The van der Waals surface area contributed by atoms with E-state index in [1.165, 1.54) is 37.9 Å². The Morgan fingerprint density at radius 3 is 2.44 bits per heavy atom. The maximum absolute atomic E-state index is 6.13. The van der Waals surface area contributed by atoms with Crippen LogP contribution in [0.25, 0.3) is 0 Å². The molecule has 0 aromatic rings. The standard InChI is InChI=1S/C14H29N3S/c1-11-6-4-7-12(2)17(11)16-14(10-15)8-5-9-18-13(14)3/h11-13,16H,4-10,15H2,1-3H3. The lowest BCUT2D eigenvalue weighted by Gasteiger charge is -2.50. The number of hydrazine groups is 1. The summed E-state index contributed by atoms with van der Waals surface area (Å²) >= 11 is 2.07. The Kier molecular flexibility index (Phi) is 4.98. The summed E-state index contributed by atoms with van der Waals surface area (Å²) in [6, 6.07) is 1.27. The van der Waals surface area contributed by atoms with Gasteiger partial charge >= 0.3 is 0 Å². The second kappa shape index (κ2) is 6.12. The van der Waals surface area contributed by atoms with Crippen molar-refractivity contribution in [1.29, 1.82) is 0 Å². The Morgan fingerprint density at radius 1 is 1.22 bits per heavy atom. The summed E-state index contributed by atoms with van der Waals surface area (Å²) in [5.41, 5.74) is 10.1. The lowest BCUT2D eigenvalue weighted by atomic mass is 9.89. The number of nitrogens with two attached hydrogens (primary N) is 1. The SMILES string of the molecule is CC1CCCC(C)N1NC1(CN)CCCSC1C. The number of thioether (sulfide) groups is 1. The van der Waals surface area contributed by atoms with Crippen molar-refractivity contribution >= 4 is 11.8 Å². The molecular formula is C14H29N3S. The average molecular weight is 271 g/mol. The Bertz CT molecular complexity index is 264. The third-order valence-electron chi connectivity index (χ3n) is 4.82. The minimum Gasteiger partial charge on any atom is -0.329 e. The van der Waals surface area contributed by atoms with Crippen LogP contribution in [-0.4, -0.2) is 40.2 Å². The molecule has 0 aromatic heterocycles. The molecule has 2 rings (SSSR count). The molecule has 4 unspecified atom stereocenters. The number of hydrogen-bond acceptors (Lipinski definition) is 4. The van der Waals surface area contributed by atoms with Gasteiger partial charge in [0, 0.05) is 23.9 Å². The molecule has 0 aliphatic carbocycles. The zero-order chi connectivity index (χ0) is 13.2. The van der Waals surface area contributed by atoms with Gasteiger partial charge in [-0.25, -0.2) is 10.4 Å². The molecule has 0 radical (unpaired) electrons. The monoisotopic (exact) mass is 271 g/mol. The molecule has 18 heavy (non-hydrogen) atoms. The Hall–Kier alpha value is 0.230. The molecule has 3 nitrogen and oxygen atoms in total. The van der Waals surface area contributed by atoms with Crippen LogP contribution in [0.15, 0.2) is 0 Å². The van der Waals surface area contributed by atoms with E-state index in [9.17, 15) is 0 Å². The molecule has 3 N–H and O–H groups in total. The van der Waals surface area contributed by atoms with Gasteiger partial charge in [-0.2, -0.15) is 11.8 Å². The molecule has 2 fully saturated rings. The van der Waals surface area contributed by atoms with Crippen LogP contribution in [0.5, 0.6) is 0 Å². The van der Waals surface area contributed by atoms with Gasteiger partial charge in [0.15, 0.2) is 0 Å². The quantitative estimate of drug-likeness (QED) is 0.827. The van der Waals surface area contributed by atoms with Gasteiger partial charge in [-0.15, -0.1) is 0 Å². The first kappa shape index (κ1) is 14.6. The number of rotatable bonds is 3. The highest BCUT2D eigenvalue weighted by Crippen LogP contribution is 2.35. The predicted molar refractivity (Wildman–Crippen MR) is 80.7 cm³/mol. The van der Waals surface area contributed by atoms with Gasteiger partial charge in [-0.1, -0.05) is 13.3 Å². The molecule has 0 saturated carbocycles. The van der Waals surface area contributed by atoms with Gasteiger partial charge in [0.25, 0.3) is 0 Å². The third-order valence-corrected chi connectivity index (χ3v) is 6.30. The minimum absolute atomic E-state index is 0.114. The van der Waals surface area contributed by atoms with Crippen LogP contribution in [0, 0.1) is 0 Å². The fourth-order valence-corrected chi connectivity index (χ4v) is 4.62. The van der Waals surface area contributed by atoms with Gasteiger partial charge in [-0.3, -0.25) is 0 Å². The third kappa shape index (κ3) is 2.87. The van der Waals surface area contributed by atoms with E-state index in [0.29, 0.717) is 17.3 Å². The topological polar surface area (TPSA) is 41.3 Å². The maximum Gasteiger partial charge on any atom is 0.0564 e. The normalized spacial score (nSPS) is 43.0. The van der Waals surface area contributed by atoms with Gasteiger partial charge in [0.05, 0.1) is 5.54 Å². The van der Waals surface area contributed by atoms with Crippen molar-refractivity contribution < 1.29 is 0 Å². The van der Waals surface area contributed by atoms with E-state index >= 15 is 0 Å². The summed E-state index contributed by atoms with van der Waals surface area (Å²) in [4.78, 5) is 0. The molecule has 0 amide bonds. The summed E-state index contributed by atoms with van der Waals surface area (Å²) in [5, 5.41) is 3.11. The summed E-state index contributed by atoms with van der Waals surface area (Å²) in [6.45, 7) is 7.76. The van der Waals surface area contributed by atoms with Crippen LogP contribution in [0.2, 0.25) is 0 Å². The smallest absolute Gasteiger partial charge is 0.0564 e. The molecule has 0 bridgehead atoms. The summed E-state index contributed by atoms with van der Waals surface area (Å²) in [5.74, 6) is 1.29. The Morgan fingerprint density at radius 2 is 1.89 bits per heavy atom. The van der Waals surface area contributed by atoms with E-state index in [-0.39, 0.29) is 5.54 Å². The van der Waals surface area contributed by atoms with Crippen molar-refractivity contribution in [3.63, 3.8) is 0 Å². The largest absolute Gasteiger partial charge is 0.329 e. The number of piperidine rings is 1. The van der Waals surface area contributed by atoms with Crippen LogP contribution in [0.4, 0.5) is 0 Å². The first-order valence-electron chi connectivity index (χ1n) is 7.47. The van der Waals surface area contributed by atoms with E-state index in [2.05, 4.69) is 43.0 Å². The van der Waals surface area contributed by atoms with Crippen LogP contribution in [-0.2, 0) is 0 Å². The first-order valence-corrected chi connectivity index (χ1v) is 8.52. The van der Waals surface area contributed by atoms with Crippen molar-refractivity contribution in [2.24, 2.45) is 5.73 Å². The first-order chi connectivity index (χ1) is 8.59. The highest BCUT2D eigenvalue weighted by atomic mass is 32.2. The van der Waals surface area contributed by atoms with E-state index in [0.717, 1.165) is 6.54 Å². The average Bonchev–Trinajstić information content (AvgIpc) is 2.36. The molecule has 2 saturated heterocycles. The zero-order valence-corrected chi connectivity index (χ0v) is 12.9. The highest BCUT2D eigenvalue weighted by Gasteiger charge is 2.41. The second-order valence-electron chi connectivity index (χ2n) is 6.12.